The molecule has 106 valence electrons. The number of hydrogen-bond acceptors (Lipinski definition) is 6. The molecule has 6 nitrogen and oxygen atoms in total. The highest BCUT2D eigenvalue weighted by Gasteiger charge is 2.09. The summed E-state index contributed by atoms with van der Waals surface area (Å²) in [7, 11) is 3.10. The van der Waals surface area contributed by atoms with E-state index < -0.39 is 0 Å². The van der Waals surface area contributed by atoms with Gasteiger partial charge in [0, 0.05) is 0 Å². The average molecular weight is 275 g/mol. The fourth-order valence-electron chi connectivity index (χ4n) is 1.71. The molecular weight excluding hydrogens is 258 g/mol. The quantitative estimate of drug-likeness (QED) is 0.902. The van der Waals surface area contributed by atoms with Gasteiger partial charge in [0.05, 0.1) is 20.3 Å². The van der Waals surface area contributed by atoms with Gasteiger partial charge >= 0.3 is 0 Å². The molecule has 0 spiro atoms. The van der Waals surface area contributed by atoms with Crippen LogP contribution in [-0.2, 0) is 6.42 Å². The van der Waals surface area contributed by atoms with Crippen LogP contribution in [-0.4, -0.2) is 24.2 Å². The van der Waals surface area contributed by atoms with Gasteiger partial charge < -0.3 is 19.9 Å². The van der Waals surface area contributed by atoms with Gasteiger partial charge in [0.15, 0.2) is 11.5 Å². The molecule has 0 amide bonds. The highest BCUT2D eigenvalue weighted by molar-refractivity contribution is 5.45. The molecule has 6 heteroatoms. The molecule has 0 saturated carbocycles. The van der Waals surface area contributed by atoms with Gasteiger partial charge in [-0.05, 0) is 24.1 Å². The van der Waals surface area contributed by atoms with Crippen LogP contribution in [0.15, 0.2) is 24.3 Å². The number of aryl methyl sites for hydroxylation is 1. The molecule has 0 aliphatic rings. The molecule has 0 aliphatic carbocycles. The van der Waals surface area contributed by atoms with Gasteiger partial charge in [0.1, 0.15) is 0 Å². The van der Waals surface area contributed by atoms with Crippen LogP contribution < -0.4 is 19.9 Å². The van der Waals surface area contributed by atoms with E-state index in [9.17, 15) is 0 Å². The predicted octanol–water partition coefficient (Wildman–Crippen LogP) is 2.43. The number of rotatable bonds is 5. The maximum Gasteiger partial charge on any atom is 0.228 e. The van der Waals surface area contributed by atoms with Crippen molar-refractivity contribution in [2.24, 2.45) is 0 Å². The minimum Gasteiger partial charge on any atom is -0.493 e. The van der Waals surface area contributed by atoms with E-state index in [0.29, 0.717) is 23.3 Å². The summed E-state index contributed by atoms with van der Waals surface area (Å²) in [6.45, 7) is 2.07. The van der Waals surface area contributed by atoms with Crippen LogP contribution in [0.5, 0.6) is 23.3 Å². The third-order valence-electron chi connectivity index (χ3n) is 2.76. The Morgan fingerprint density at radius 2 is 1.75 bits per heavy atom. The van der Waals surface area contributed by atoms with Crippen molar-refractivity contribution in [3.8, 4) is 23.3 Å². The molecule has 2 N–H and O–H groups in total. The SMILES string of the molecule is CCc1ccc(Oc2cc(OC)nc(N)n2)c(OC)c1. The monoisotopic (exact) mass is 275 g/mol. The number of nitrogens with zero attached hydrogens (tertiary/aromatic N) is 2. The van der Waals surface area contributed by atoms with Gasteiger partial charge in [-0.15, -0.1) is 0 Å². The molecule has 20 heavy (non-hydrogen) atoms. The number of anilines is 1. The second-order valence-corrected chi connectivity index (χ2v) is 4.05. The first-order valence-electron chi connectivity index (χ1n) is 6.19. The van der Waals surface area contributed by atoms with E-state index in [1.165, 1.54) is 7.11 Å². The van der Waals surface area contributed by atoms with E-state index in [0.717, 1.165) is 12.0 Å². The minimum atomic E-state index is 0.0866. The summed E-state index contributed by atoms with van der Waals surface area (Å²) in [6, 6.07) is 7.29. The molecule has 0 saturated heterocycles. The summed E-state index contributed by atoms with van der Waals surface area (Å²) >= 11 is 0. The second-order valence-electron chi connectivity index (χ2n) is 4.05. The van der Waals surface area contributed by atoms with Crippen LogP contribution in [0.4, 0.5) is 5.95 Å². The Bertz CT molecular complexity index is 602. The number of ether oxygens (including phenoxy) is 3. The maximum atomic E-state index is 5.69. The Balaban J connectivity index is 2.31. The van der Waals surface area contributed by atoms with Crippen LogP contribution >= 0.6 is 0 Å². The van der Waals surface area contributed by atoms with Crippen molar-refractivity contribution in [2.45, 2.75) is 13.3 Å². The molecule has 0 atom stereocenters. The largest absolute Gasteiger partial charge is 0.493 e. The van der Waals surface area contributed by atoms with E-state index in [2.05, 4.69) is 16.9 Å². The van der Waals surface area contributed by atoms with E-state index in [-0.39, 0.29) is 5.95 Å². The summed E-state index contributed by atoms with van der Waals surface area (Å²) in [6.07, 6.45) is 0.922. The van der Waals surface area contributed by atoms with Gasteiger partial charge in [-0.25, -0.2) is 0 Å². The van der Waals surface area contributed by atoms with Gasteiger partial charge in [-0.1, -0.05) is 13.0 Å². The molecule has 2 rings (SSSR count). The van der Waals surface area contributed by atoms with Crippen molar-refractivity contribution in [3.05, 3.63) is 29.8 Å². The Hall–Kier alpha value is -2.50. The summed E-state index contributed by atoms with van der Waals surface area (Å²) < 4.78 is 16.0. The number of aromatic nitrogens is 2. The molecule has 0 aliphatic heterocycles. The lowest BCUT2D eigenvalue weighted by molar-refractivity contribution is 0.367. The highest BCUT2D eigenvalue weighted by Crippen LogP contribution is 2.32. The molecule has 1 aromatic heterocycles. The molecule has 0 bridgehead atoms. The standard InChI is InChI=1S/C14H17N3O3/c1-4-9-5-6-10(11(7-9)18-2)20-13-8-12(19-3)16-14(15)17-13/h5-8H,4H2,1-3H3,(H2,15,16,17). The zero-order valence-corrected chi connectivity index (χ0v) is 11.7. The van der Waals surface area contributed by atoms with Crippen LogP contribution in [0.25, 0.3) is 0 Å². The molecule has 0 fully saturated rings. The van der Waals surface area contributed by atoms with E-state index in [1.54, 1.807) is 13.2 Å². The molecule has 2 aromatic rings. The lowest BCUT2D eigenvalue weighted by Gasteiger charge is -2.11. The number of nitrogens with two attached hydrogens (primary N) is 1. The van der Waals surface area contributed by atoms with E-state index in [1.807, 2.05) is 18.2 Å². The van der Waals surface area contributed by atoms with Gasteiger partial charge in [-0.2, -0.15) is 9.97 Å². The minimum absolute atomic E-state index is 0.0866. The first kappa shape index (κ1) is 13.9. The summed E-state index contributed by atoms with van der Waals surface area (Å²) in [5.41, 5.74) is 6.75. The van der Waals surface area contributed by atoms with Crippen LogP contribution in [0.2, 0.25) is 0 Å². The number of methoxy groups -OCH3 is 2. The smallest absolute Gasteiger partial charge is 0.228 e. The van der Waals surface area contributed by atoms with Crippen molar-refractivity contribution in [2.75, 3.05) is 20.0 Å². The Labute approximate surface area is 117 Å². The third-order valence-corrected chi connectivity index (χ3v) is 2.76. The first-order chi connectivity index (χ1) is 9.66. The molecule has 1 heterocycles. The fourth-order valence-corrected chi connectivity index (χ4v) is 1.71. The van der Waals surface area contributed by atoms with E-state index in [4.69, 9.17) is 19.9 Å². The highest BCUT2D eigenvalue weighted by atomic mass is 16.5. The first-order valence-corrected chi connectivity index (χ1v) is 6.19. The topological polar surface area (TPSA) is 79.5 Å². The lowest BCUT2D eigenvalue weighted by Crippen LogP contribution is -2.00. The summed E-state index contributed by atoms with van der Waals surface area (Å²) in [5, 5.41) is 0. The fraction of sp³-hybridized carbons (Fsp3) is 0.286. The Morgan fingerprint density at radius 1 is 1.00 bits per heavy atom. The number of nitrogen functional groups attached to an aromatic ring is 1. The van der Waals surface area contributed by atoms with Gasteiger partial charge in [-0.3, -0.25) is 0 Å². The van der Waals surface area contributed by atoms with Crippen LogP contribution in [0.1, 0.15) is 12.5 Å². The summed E-state index contributed by atoms with van der Waals surface area (Å²) in [4.78, 5) is 7.90. The van der Waals surface area contributed by atoms with Crippen molar-refractivity contribution >= 4 is 5.95 Å². The van der Waals surface area contributed by atoms with Crippen molar-refractivity contribution < 1.29 is 14.2 Å². The number of benzene rings is 1. The molecule has 0 radical (unpaired) electrons. The Kier molecular flexibility index (Phi) is 4.24. The van der Waals surface area contributed by atoms with Crippen LogP contribution in [0, 0.1) is 0 Å². The molecule has 1 aromatic carbocycles. The van der Waals surface area contributed by atoms with Crippen molar-refractivity contribution in [1.29, 1.82) is 0 Å². The maximum absolute atomic E-state index is 5.69. The molecular formula is C14H17N3O3. The lowest BCUT2D eigenvalue weighted by atomic mass is 10.1. The van der Waals surface area contributed by atoms with Crippen molar-refractivity contribution in [3.63, 3.8) is 0 Å². The van der Waals surface area contributed by atoms with Crippen molar-refractivity contribution in [1.82, 2.24) is 9.97 Å². The zero-order chi connectivity index (χ0) is 14.5. The van der Waals surface area contributed by atoms with Crippen LogP contribution in [0.3, 0.4) is 0 Å². The third kappa shape index (κ3) is 3.09. The molecule has 0 unspecified atom stereocenters. The zero-order valence-electron chi connectivity index (χ0n) is 11.7. The Morgan fingerprint density at radius 3 is 2.40 bits per heavy atom. The second kappa shape index (κ2) is 6.10. The predicted molar refractivity (Wildman–Crippen MR) is 75.4 cm³/mol. The van der Waals surface area contributed by atoms with E-state index >= 15 is 0 Å². The summed E-state index contributed by atoms with van der Waals surface area (Å²) in [5.74, 6) is 1.93. The van der Waals surface area contributed by atoms with Gasteiger partial charge in [0.2, 0.25) is 17.7 Å². The average Bonchev–Trinajstić information content (AvgIpc) is 2.47. The number of hydrogen-bond donors (Lipinski definition) is 1. The normalized spacial score (nSPS) is 10.2. The van der Waals surface area contributed by atoms with Gasteiger partial charge in [0.25, 0.3) is 0 Å².